The highest BCUT2D eigenvalue weighted by Crippen LogP contribution is 2.32. The molecule has 9 heteroatoms. The quantitative estimate of drug-likeness (QED) is 0.301. The van der Waals surface area contributed by atoms with E-state index in [4.69, 9.17) is 4.42 Å². The average Bonchev–Trinajstić information content (AvgIpc) is 3.27. The van der Waals surface area contributed by atoms with E-state index in [1.54, 1.807) is 47.3 Å². The minimum atomic E-state index is -0.402. The third kappa shape index (κ3) is 4.77. The number of thioether (sulfide) groups is 1. The van der Waals surface area contributed by atoms with E-state index in [2.05, 4.69) is 9.97 Å². The Kier molecular flexibility index (Phi) is 6.50. The summed E-state index contributed by atoms with van der Waals surface area (Å²) in [5, 5.41) is 1.50. The molecule has 1 fully saturated rings. The second kappa shape index (κ2) is 9.87. The Balaban J connectivity index is 1.31. The lowest BCUT2D eigenvalue weighted by Crippen LogP contribution is -2.50. The number of benzene rings is 2. The van der Waals surface area contributed by atoms with Crippen molar-refractivity contribution in [2.24, 2.45) is 0 Å². The zero-order chi connectivity index (χ0) is 24.4. The number of hydrogen-bond donors (Lipinski definition) is 0. The van der Waals surface area contributed by atoms with Gasteiger partial charge in [-0.05, 0) is 36.8 Å². The number of rotatable bonds is 5. The van der Waals surface area contributed by atoms with Gasteiger partial charge in [0, 0.05) is 60.8 Å². The van der Waals surface area contributed by atoms with Crippen molar-refractivity contribution in [2.75, 3.05) is 26.2 Å². The lowest BCUT2D eigenvalue weighted by Gasteiger charge is -2.34. The van der Waals surface area contributed by atoms with Crippen molar-refractivity contribution in [1.29, 1.82) is 0 Å². The van der Waals surface area contributed by atoms with Gasteiger partial charge in [0.15, 0.2) is 10.9 Å². The van der Waals surface area contributed by atoms with Gasteiger partial charge in [-0.1, -0.05) is 36.0 Å². The molecule has 3 heterocycles. The summed E-state index contributed by atoms with van der Waals surface area (Å²) in [7, 11) is 0. The Labute approximate surface area is 206 Å². The molecule has 0 atom stereocenters. The molecule has 1 aliphatic rings. The first-order valence-corrected chi connectivity index (χ1v) is 12.2. The Morgan fingerprint density at radius 3 is 2.37 bits per heavy atom. The Bertz CT molecular complexity index is 1380. The van der Waals surface area contributed by atoms with Gasteiger partial charge in [-0.25, -0.2) is 14.4 Å². The zero-order valence-corrected chi connectivity index (χ0v) is 19.9. The fourth-order valence-electron chi connectivity index (χ4n) is 4.08. The van der Waals surface area contributed by atoms with E-state index < -0.39 is 5.82 Å². The van der Waals surface area contributed by atoms with Gasteiger partial charge in [0.2, 0.25) is 0 Å². The van der Waals surface area contributed by atoms with Crippen LogP contribution in [0, 0.1) is 12.7 Å². The molecule has 2 aromatic carbocycles. The molecule has 4 aromatic rings. The normalized spacial score (nSPS) is 13.9. The van der Waals surface area contributed by atoms with E-state index >= 15 is 0 Å². The topological polar surface area (TPSA) is 79.5 Å². The summed E-state index contributed by atoms with van der Waals surface area (Å²) >= 11 is 1.44. The molecule has 0 aliphatic carbocycles. The summed E-state index contributed by atoms with van der Waals surface area (Å²) in [6.45, 7) is 3.12. The van der Waals surface area contributed by atoms with Gasteiger partial charge >= 0.3 is 0 Å². The van der Waals surface area contributed by atoms with E-state index in [-0.39, 0.29) is 11.8 Å². The maximum Gasteiger partial charge on any atom is 0.290 e. The summed E-state index contributed by atoms with van der Waals surface area (Å²) in [6.07, 6.45) is 3.36. The Hall–Kier alpha value is -3.72. The molecule has 1 aliphatic heterocycles. The largest absolute Gasteiger partial charge is 0.451 e. The molecule has 0 saturated carbocycles. The lowest BCUT2D eigenvalue weighted by atomic mass is 10.1. The maximum absolute atomic E-state index is 13.9. The van der Waals surface area contributed by atoms with Crippen molar-refractivity contribution >= 4 is 34.5 Å². The molecule has 2 amide bonds. The van der Waals surface area contributed by atoms with Gasteiger partial charge in [0.05, 0.1) is 0 Å². The minimum absolute atomic E-state index is 0.209. The highest BCUT2D eigenvalue weighted by molar-refractivity contribution is 7.98. The van der Waals surface area contributed by atoms with Gasteiger partial charge in [-0.15, -0.1) is 0 Å². The fraction of sp³-hybridized carbons (Fsp3) is 0.231. The predicted molar refractivity (Wildman–Crippen MR) is 131 cm³/mol. The number of fused-ring (bicyclic) bond motifs is 1. The van der Waals surface area contributed by atoms with Crippen LogP contribution in [0.2, 0.25) is 0 Å². The number of para-hydroxylation sites is 1. The first kappa shape index (κ1) is 23.0. The molecule has 0 N–H and O–H groups in total. The van der Waals surface area contributed by atoms with E-state index in [0.717, 1.165) is 10.9 Å². The molecule has 7 nitrogen and oxygen atoms in total. The highest BCUT2D eigenvalue weighted by Gasteiger charge is 2.30. The highest BCUT2D eigenvalue weighted by atomic mass is 32.2. The zero-order valence-electron chi connectivity index (χ0n) is 19.1. The van der Waals surface area contributed by atoms with E-state index in [1.165, 1.54) is 17.8 Å². The number of carbonyl (C=O) groups excluding carboxylic acids is 2. The number of nitrogens with zero attached hydrogens (tertiary/aromatic N) is 4. The van der Waals surface area contributed by atoms with Crippen LogP contribution in [0.25, 0.3) is 11.0 Å². The number of halogens is 1. The van der Waals surface area contributed by atoms with Crippen LogP contribution in [0.5, 0.6) is 0 Å². The van der Waals surface area contributed by atoms with E-state index in [9.17, 15) is 14.0 Å². The Morgan fingerprint density at radius 2 is 1.66 bits per heavy atom. The predicted octanol–water partition coefficient (Wildman–Crippen LogP) is 4.56. The monoisotopic (exact) mass is 490 g/mol. The molecule has 1 saturated heterocycles. The van der Waals surface area contributed by atoms with Gasteiger partial charge in [0.25, 0.3) is 11.8 Å². The van der Waals surface area contributed by atoms with Crippen molar-refractivity contribution in [3.63, 3.8) is 0 Å². The molecule has 0 radical (unpaired) electrons. The summed E-state index contributed by atoms with van der Waals surface area (Å²) in [5.74, 6) is -0.0608. The van der Waals surface area contributed by atoms with Crippen molar-refractivity contribution in [3.8, 4) is 0 Å². The number of aryl methyl sites for hydroxylation is 1. The fourth-order valence-corrected chi connectivity index (χ4v) is 4.91. The van der Waals surface area contributed by atoms with Crippen LogP contribution in [0.4, 0.5) is 4.39 Å². The smallest absolute Gasteiger partial charge is 0.290 e. The van der Waals surface area contributed by atoms with Gasteiger partial charge in [-0.3, -0.25) is 9.59 Å². The third-order valence-corrected chi connectivity index (χ3v) is 6.96. The Morgan fingerprint density at radius 1 is 0.971 bits per heavy atom. The van der Waals surface area contributed by atoms with E-state index in [1.807, 2.05) is 24.3 Å². The van der Waals surface area contributed by atoms with Crippen molar-refractivity contribution in [1.82, 2.24) is 19.8 Å². The number of carbonyl (C=O) groups is 2. The number of aromatic nitrogens is 2. The lowest BCUT2D eigenvalue weighted by molar-refractivity contribution is 0.0518. The molecule has 0 unspecified atom stereocenters. The van der Waals surface area contributed by atoms with Crippen molar-refractivity contribution < 1.29 is 18.4 Å². The van der Waals surface area contributed by atoms with Crippen molar-refractivity contribution in [2.45, 2.75) is 17.8 Å². The molecule has 0 spiro atoms. The standard InChI is InChI=1S/C26H23FN4O3S/c1-17-7-8-18(15-21(17)27)24(32)30-11-13-31(14-12-30)25(33)23-20(16-35-26-28-9-4-10-29-26)19-5-2-3-6-22(19)34-23/h2-10,15H,11-14,16H2,1H3. The second-order valence-electron chi connectivity index (χ2n) is 8.27. The van der Waals surface area contributed by atoms with Crippen LogP contribution < -0.4 is 0 Å². The number of furan rings is 1. The van der Waals surface area contributed by atoms with E-state index in [0.29, 0.717) is 59.6 Å². The molecular formula is C26H23FN4O3S. The van der Waals surface area contributed by atoms with Gasteiger partial charge in [0.1, 0.15) is 11.4 Å². The summed E-state index contributed by atoms with van der Waals surface area (Å²) in [6, 6.07) is 13.8. The molecule has 5 rings (SSSR count). The van der Waals surface area contributed by atoms with Crippen LogP contribution >= 0.6 is 11.8 Å². The average molecular weight is 491 g/mol. The minimum Gasteiger partial charge on any atom is -0.451 e. The number of amides is 2. The molecule has 0 bridgehead atoms. The number of piperazine rings is 1. The van der Waals surface area contributed by atoms with Crippen LogP contribution in [-0.2, 0) is 5.75 Å². The van der Waals surface area contributed by atoms with Gasteiger partial charge < -0.3 is 14.2 Å². The SMILES string of the molecule is Cc1ccc(C(=O)N2CCN(C(=O)c3oc4ccccc4c3CSc3ncccn3)CC2)cc1F. The summed E-state index contributed by atoms with van der Waals surface area (Å²) in [4.78, 5) is 38.1. The van der Waals surface area contributed by atoms with Crippen LogP contribution in [-0.4, -0.2) is 57.8 Å². The second-order valence-corrected chi connectivity index (χ2v) is 9.22. The third-order valence-electron chi connectivity index (χ3n) is 6.05. The first-order valence-electron chi connectivity index (χ1n) is 11.3. The van der Waals surface area contributed by atoms with Crippen LogP contribution in [0.15, 0.2) is 70.5 Å². The molecule has 178 valence electrons. The number of hydrogen-bond acceptors (Lipinski definition) is 6. The molecule has 35 heavy (non-hydrogen) atoms. The summed E-state index contributed by atoms with van der Waals surface area (Å²) < 4.78 is 19.9. The van der Waals surface area contributed by atoms with Crippen LogP contribution in [0.1, 0.15) is 32.0 Å². The molecule has 2 aromatic heterocycles. The van der Waals surface area contributed by atoms with Crippen molar-refractivity contribution in [3.05, 3.63) is 89.2 Å². The molecular weight excluding hydrogens is 467 g/mol. The van der Waals surface area contributed by atoms with Gasteiger partial charge in [-0.2, -0.15) is 0 Å². The summed E-state index contributed by atoms with van der Waals surface area (Å²) in [5.41, 5.74) is 2.26. The van der Waals surface area contributed by atoms with Crippen LogP contribution in [0.3, 0.4) is 0 Å². The first-order chi connectivity index (χ1) is 17.0. The maximum atomic E-state index is 13.9.